The minimum atomic E-state index is -0.335. The lowest BCUT2D eigenvalue weighted by atomic mass is 10.1. The van der Waals surface area contributed by atoms with Gasteiger partial charge in [-0.2, -0.15) is 0 Å². The molecule has 0 aliphatic heterocycles. The van der Waals surface area contributed by atoms with Crippen LogP contribution in [0, 0.1) is 5.82 Å². The fourth-order valence-corrected chi connectivity index (χ4v) is 1.57. The molecule has 2 N–H and O–H groups in total. The minimum Gasteiger partial charge on any atom is -0.367 e. The number of fused-ring (bicyclic) bond motifs is 3. The van der Waals surface area contributed by atoms with E-state index in [9.17, 15) is 4.39 Å². The van der Waals surface area contributed by atoms with E-state index in [0.29, 0.717) is 21.8 Å². The molecule has 4 nitrogen and oxygen atoms in total. The van der Waals surface area contributed by atoms with E-state index >= 15 is 0 Å². The van der Waals surface area contributed by atoms with Gasteiger partial charge in [-0.15, -0.1) is 0 Å². The Hall–Kier alpha value is -2.17. The summed E-state index contributed by atoms with van der Waals surface area (Å²) in [5.41, 5.74) is 6.75. The predicted octanol–water partition coefficient (Wildman–Crippen LogP) is 2.10. The van der Waals surface area contributed by atoms with E-state index in [1.54, 1.807) is 12.3 Å². The Labute approximate surface area is 83.5 Å². The molecule has 0 aliphatic carbocycles. The molecule has 1 aromatic carbocycles. The molecule has 0 aliphatic rings. The van der Waals surface area contributed by atoms with Gasteiger partial charge in [0.2, 0.25) is 5.88 Å². The zero-order valence-electron chi connectivity index (χ0n) is 7.57. The van der Waals surface area contributed by atoms with Gasteiger partial charge in [-0.3, -0.25) is 4.98 Å². The summed E-state index contributed by atoms with van der Waals surface area (Å²) in [4.78, 5) is 4.14. The van der Waals surface area contributed by atoms with Gasteiger partial charge in [0.25, 0.3) is 0 Å². The Morgan fingerprint density at radius 2 is 2.13 bits per heavy atom. The zero-order chi connectivity index (χ0) is 10.4. The third-order valence-corrected chi connectivity index (χ3v) is 2.30. The average molecular weight is 203 g/mol. The molecule has 0 atom stereocenters. The Bertz CT molecular complexity index is 662. The van der Waals surface area contributed by atoms with Crippen molar-refractivity contribution >= 4 is 27.7 Å². The molecule has 74 valence electrons. The summed E-state index contributed by atoms with van der Waals surface area (Å²) < 4.78 is 17.9. The van der Waals surface area contributed by atoms with Crippen LogP contribution in [0.15, 0.2) is 28.9 Å². The molecule has 3 rings (SSSR count). The second-order valence-electron chi connectivity index (χ2n) is 3.23. The highest BCUT2D eigenvalue weighted by molar-refractivity contribution is 6.05. The number of hydrogen-bond acceptors (Lipinski definition) is 4. The van der Waals surface area contributed by atoms with E-state index in [4.69, 9.17) is 10.3 Å². The van der Waals surface area contributed by atoms with Crippen molar-refractivity contribution in [1.82, 2.24) is 10.1 Å². The van der Waals surface area contributed by atoms with Crippen LogP contribution in [0.1, 0.15) is 0 Å². The molecule has 0 saturated heterocycles. The summed E-state index contributed by atoms with van der Waals surface area (Å²) in [5, 5.41) is 4.99. The van der Waals surface area contributed by atoms with Crippen LogP contribution in [0.2, 0.25) is 0 Å². The normalized spacial score (nSPS) is 11.3. The van der Waals surface area contributed by atoms with Crippen molar-refractivity contribution in [2.24, 2.45) is 0 Å². The van der Waals surface area contributed by atoms with Gasteiger partial charge in [0.05, 0.1) is 10.9 Å². The number of hydrogen-bond donors (Lipinski definition) is 1. The fraction of sp³-hybridized carbons (Fsp3) is 0. The molecular weight excluding hydrogens is 197 g/mol. The molecule has 0 fully saturated rings. The van der Waals surface area contributed by atoms with Crippen LogP contribution in [0.5, 0.6) is 0 Å². The van der Waals surface area contributed by atoms with E-state index in [2.05, 4.69) is 10.1 Å². The molecule has 0 amide bonds. The number of anilines is 1. The highest BCUT2D eigenvalue weighted by Crippen LogP contribution is 2.26. The van der Waals surface area contributed by atoms with Crippen molar-refractivity contribution in [3.8, 4) is 0 Å². The summed E-state index contributed by atoms with van der Waals surface area (Å²) in [7, 11) is 0. The summed E-state index contributed by atoms with van der Waals surface area (Å²) in [6.07, 6.45) is 1.57. The third kappa shape index (κ3) is 1.06. The maximum atomic E-state index is 13.1. The van der Waals surface area contributed by atoms with E-state index in [0.717, 1.165) is 0 Å². The second-order valence-corrected chi connectivity index (χ2v) is 3.23. The van der Waals surface area contributed by atoms with Crippen molar-refractivity contribution in [2.75, 3.05) is 5.73 Å². The van der Waals surface area contributed by atoms with Crippen molar-refractivity contribution in [1.29, 1.82) is 0 Å². The van der Waals surface area contributed by atoms with E-state index in [1.165, 1.54) is 12.1 Å². The lowest BCUT2D eigenvalue weighted by Gasteiger charge is -1.96. The second kappa shape index (κ2) is 2.66. The van der Waals surface area contributed by atoms with Crippen molar-refractivity contribution in [3.63, 3.8) is 0 Å². The lowest BCUT2D eigenvalue weighted by molar-refractivity contribution is 0.445. The van der Waals surface area contributed by atoms with E-state index < -0.39 is 0 Å². The molecule has 5 heteroatoms. The fourth-order valence-electron chi connectivity index (χ4n) is 1.57. The van der Waals surface area contributed by atoms with E-state index in [1.807, 2.05) is 0 Å². The van der Waals surface area contributed by atoms with Gasteiger partial charge in [-0.05, 0) is 18.2 Å². The third-order valence-electron chi connectivity index (χ3n) is 2.30. The van der Waals surface area contributed by atoms with Crippen LogP contribution in [-0.2, 0) is 0 Å². The molecule has 3 aromatic rings. The van der Waals surface area contributed by atoms with Crippen LogP contribution >= 0.6 is 0 Å². The van der Waals surface area contributed by atoms with Gasteiger partial charge >= 0.3 is 0 Å². The molecular formula is C10H6FN3O. The van der Waals surface area contributed by atoms with Crippen LogP contribution in [0.3, 0.4) is 0 Å². The van der Waals surface area contributed by atoms with Gasteiger partial charge in [0.15, 0.2) is 0 Å². The van der Waals surface area contributed by atoms with Crippen LogP contribution in [-0.4, -0.2) is 10.1 Å². The summed E-state index contributed by atoms with van der Waals surface area (Å²) in [5.74, 6) is -0.137. The number of rotatable bonds is 0. The first-order chi connectivity index (χ1) is 7.25. The van der Waals surface area contributed by atoms with Gasteiger partial charge in [-0.25, -0.2) is 4.39 Å². The standard InChI is InChI=1S/C10H6FN3O/c11-5-1-2-8-6(3-5)9-7(4-13-8)10(12)15-14-9/h1-4H,12H2. The lowest BCUT2D eigenvalue weighted by Crippen LogP contribution is -1.84. The van der Waals surface area contributed by atoms with Gasteiger partial charge in [0, 0.05) is 11.6 Å². The number of benzene rings is 1. The quantitative estimate of drug-likeness (QED) is 0.607. The maximum Gasteiger partial charge on any atom is 0.231 e. The SMILES string of the molecule is Nc1onc2c1cnc1ccc(F)cc12. The highest BCUT2D eigenvalue weighted by atomic mass is 19.1. The van der Waals surface area contributed by atoms with Crippen LogP contribution < -0.4 is 5.73 Å². The number of nitrogens with two attached hydrogens (primary N) is 1. The van der Waals surface area contributed by atoms with Crippen molar-refractivity contribution in [3.05, 3.63) is 30.2 Å². The monoisotopic (exact) mass is 203 g/mol. The molecule has 0 unspecified atom stereocenters. The molecule has 15 heavy (non-hydrogen) atoms. The first-order valence-corrected chi connectivity index (χ1v) is 4.35. The summed E-state index contributed by atoms with van der Waals surface area (Å²) in [6, 6.07) is 4.31. The molecule has 0 spiro atoms. The number of nitrogens with zero attached hydrogens (tertiary/aromatic N) is 2. The first-order valence-electron chi connectivity index (χ1n) is 4.35. The average Bonchev–Trinajstić information content (AvgIpc) is 2.61. The smallest absolute Gasteiger partial charge is 0.231 e. The first kappa shape index (κ1) is 8.16. The molecule has 0 saturated carbocycles. The van der Waals surface area contributed by atoms with E-state index in [-0.39, 0.29) is 11.7 Å². The maximum absolute atomic E-state index is 13.1. The van der Waals surface area contributed by atoms with Crippen molar-refractivity contribution in [2.45, 2.75) is 0 Å². The van der Waals surface area contributed by atoms with Crippen molar-refractivity contribution < 1.29 is 8.91 Å². The molecule has 2 heterocycles. The zero-order valence-corrected chi connectivity index (χ0v) is 7.57. The minimum absolute atomic E-state index is 0.198. The Balaban J connectivity index is 2.57. The number of pyridine rings is 1. The Morgan fingerprint density at radius 1 is 1.27 bits per heavy atom. The van der Waals surface area contributed by atoms with Gasteiger partial charge in [0.1, 0.15) is 11.3 Å². The molecule has 2 aromatic heterocycles. The van der Waals surface area contributed by atoms with Crippen LogP contribution in [0.4, 0.5) is 10.3 Å². The van der Waals surface area contributed by atoms with Crippen LogP contribution in [0.25, 0.3) is 21.8 Å². The largest absolute Gasteiger partial charge is 0.367 e. The Morgan fingerprint density at radius 3 is 3.00 bits per heavy atom. The number of aromatic nitrogens is 2. The molecule has 0 radical (unpaired) electrons. The van der Waals surface area contributed by atoms with Gasteiger partial charge in [-0.1, -0.05) is 5.16 Å². The predicted molar refractivity (Wildman–Crippen MR) is 53.7 cm³/mol. The number of nitrogen functional groups attached to an aromatic ring is 1. The number of halogens is 1. The highest BCUT2D eigenvalue weighted by Gasteiger charge is 2.09. The topological polar surface area (TPSA) is 64.9 Å². The summed E-state index contributed by atoms with van der Waals surface area (Å²) in [6.45, 7) is 0. The van der Waals surface area contributed by atoms with Gasteiger partial charge < -0.3 is 10.3 Å². The molecule has 0 bridgehead atoms. The Kier molecular flexibility index (Phi) is 1.45. The summed E-state index contributed by atoms with van der Waals surface area (Å²) >= 11 is 0.